The van der Waals surface area contributed by atoms with Crippen molar-refractivity contribution in [3.05, 3.63) is 93.0 Å². The summed E-state index contributed by atoms with van der Waals surface area (Å²) in [5.41, 5.74) is 1.99. The third-order valence-electron chi connectivity index (χ3n) is 4.19. The van der Waals surface area contributed by atoms with Crippen LogP contribution >= 0.6 is 84.3 Å². The van der Waals surface area contributed by atoms with Crippen molar-refractivity contribution in [1.82, 2.24) is 0 Å². The minimum Gasteiger partial charge on any atom is -0.487 e. The first kappa shape index (κ1) is 25.3. The lowest BCUT2D eigenvalue weighted by molar-refractivity contribution is -0.112. The number of amides is 1. The molecule has 3 aromatic carbocycles. The van der Waals surface area contributed by atoms with E-state index in [1.54, 1.807) is 24.3 Å². The van der Waals surface area contributed by atoms with Crippen LogP contribution in [0.4, 0.5) is 5.69 Å². The van der Waals surface area contributed by atoms with Gasteiger partial charge in [-0.3, -0.25) is 4.79 Å². The lowest BCUT2D eigenvalue weighted by Crippen LogP contribution is -2.13. The zero-order valence-electron chi connectivity index (χ0n) is 16.1. The summed E-state index contributed by atoms with van der Waals surface area (Å²) in [6.07, 6.45) is 1.50. The number of benzene rings is 3. The van der Waals surface area contributed by atoms with E-state index in [0.717, 1.165) is 17.2 Å². The van der Waals surface area contributed by atoms with Crippen molar-refractivity contribution < 1.29 is 9.53 Å². The van der Waals surface area contributed by atoms with Crippen molar-refractivity contribution in [3.63, 3.8) is 0 Å². The monoisotopic (exact) mass is 752 g/mol. The standard InChI is InChI=1S/C23H13BrCl2I2N2O2/c24-17-9-14(10-19(28)22(17)32-12-13-4-6-16(27)7-5-13)8-15(11-29)23(31)30-20-3-1-2-18(25)21(20)26/h1-10H,12H2,(H,30,31)/b15-8-. The molecule has 0 heterocycles. The van der Waals surface area contributed by atoms with Crippen molar-refractivity contribution in [1.29, 1.82) is 5.26 Å². The molecule has 0 fully saturated rings. The molecular weight excluding hydrogens is 741 g/mol. The van der Waals surface area contributed by atoms with Crippen molar-refractivity contribution in [2.24, 2.45) is 0 Å². The summed E-state index contributed by atoms with van der Waals surface area (Å²) in [6, 6.07) is 18.5. The molecule has 0 aliphatic heterocycles. The number of halogens is 5. The minimum atomic E-state index is -0.582. The fraction of sp³-hybridized carbons (Fsp3) is 0.0435. The topological polar surface area (TPSA) is 62.1 Å². The Bertz CT molecular complexity index is 1220. The number of hydrogen-bond acceptors (Lipinski definition) is 3. The van der Waals surface area contributed by atoms with Crippen molar-refractivity contribution in [3.8, 4) is 11.8 Å². The Morgan fingerprint density at radius 1 is 1.16 bits per heavy atom. The number of ether oxygens (including phenoxy) is 1. The highest BCUT2D eigenvalue weighted by atomic mass is 127. The molecule has 32 heavy (non-hydrogen) atoms. The van der Waals surface area contributed by atoms with Gasteiger partial charge in [0.25, 0.3) is 5.91 Å². The second-order valence-corrected chi connectivity index (χ2v) is 10.5. The lowest BCUT2D eigenvalue weighted by atomic mass is 10.1. The SMILES string of the molecule is N#C/C(=C/c1cc(Br)c(OCc2ccc(I)cc2)c(I)c1)C(=O)Nc1cccc(Cl)c1Cl. The molecule has 0 saturated heterocycles. The summed E-state index contributed by atoms with van der Waals surface area (Å²) in [6.45, 7) is 0.424. The summed E-state index contributed by atoms with van der Waals surface area (Å²) < 4.78 is 8.70. The molecule has 0 aliphatic rings. The quantitative estimate of drug-likeness (QED) is 0.157. The Morgan fingerprint density at radius 3 is 2.53 bits per heavy atom. The van der Waals surface area contributed by atoms with E-state index in [9.17, 15) is 10.1 Å². The Labute approximate surface area is 231 Å². The van der Waals surface area contributed by atoms with Crippen LogP contribution in [0, 0.1) is 18.5 Å². The van der Waals surface area contributed by atoms with Gasteiger partial charge >= 0.3 is 0 Å². The maximum Gasteiger partial charge on any atom is 0.266 e. The first-order valence-electron chi connectivity index (χ1n) is 9.02. The Hall–Kier alpha value is -1.32. The molecule has 1 N–H and O–H groups in total. The number of nitriles is 1. The first-order chi connectivity index (χ1) is 15.3. The van der Waals surface area contributed by atoms with E-state index in [1.807, 2.05) is 36.4 Å². The van der Waals surface area contributed by atoms with Crippen LogP contribution in [-0.2, 0) is 11.4 Å². The van der Waals surface area contributed by atoms with Crippen molar-refractivity contribution in [2.75, 3.05) is 5.32 Å². The van der Waals surface area contributed by atoms with Gasteiger partial charge in [-0.1, -0.05) is 41.4 Å². The minimum absolute atomic E-state index is 0.0729. The molecule has 9 heteroatoms. The zero-order valence-corrected chi connectivity index (χ0v) is 23.5. The third-order valence-corrected chi connectivity index (χ3v) is 7.12. The van der Waals surface area contributed by atoms with Crippen molar-refractivity contribution in [2.45, 2.75) is 6.61 Å². The molecule has 4 nitrogen and oxygen atoms in total. The van der Waals surface area contributed by atoms with E-state index in [1.165, 1.54) is 6.08 Å². The highest BCUT2D eigenvalue weighted by Gasteiger charge is 2.14. The van der Waals surface area contributed by atoms with Crippen LogP contribution in [0.15, 0.2) is 64.6 Å². The largest absolute Gasteiger partial charge is 0.487 e. The summed E-state index contributed by atoms with van der Waals surface area (Å²) in [5, 5.41) is 12.7. The fourth-order valence-electron chi connectivity index (χ4n) is 2.64. The molecule has 0 radical (unpaired) electrons. The van der Waals surface area contributed by atoms with Crippen LogP contribution in [0.25, 0.3) is 6.08 Å². The molecule has 0 bridgehead atoms. The first-order valence-corrected chi connectivity index (χ1v) is 12.7. The van der Waals surface area contributed by atoms with Crippen LogP contribution in [0.5, 0.6) is 5.75 Å². The second kappa shape index (κ2) is 11.7. The number of carbonyl (C=O) groups is 1. The van der Waals surface area contributed by atoms with E-state index < -0.39 is 5.91 Å². The van der Waals surface area contributed by atoms with Crippen LogP contribution < -0.4 is 10.1 Å². The van der Waals surface area contributed by atoms with Gasteiger partial charge in [-0.2, -0.15) is 5.26 Å². The van der Waals surface area contributed by atoms with Gasteiger partial charge in [-0.15, -0.1) is 0 Å². The van der Waals surface area contributed by atoms with Crippen LogP contribution in [-0.4, -0.2) is 5.91 Å². The fourth-order valence-corrected chi connectivity index (χ4v) is 5.12. The van der Waals surface area contributed by atoms with Gasteiger partial charge in [0.1, 0.15) is 24.0 Å². The van der Waals surface area contributed by atoms with Gasteiger partial charge in [-0.05, 0) is 115 Å². The summed E-state index contributed by atoms with van der Waals surface area (Å²) in [5.74, 6) is 0.108. The molecule has 0 aromatic heterocycles. The van der Waals surface area contributed by atoms with E-state index in [4.69, 9.17) is 27.9 Å². The van der Waals surface area contributed by atoms with E-state index in [-0.39, 0.29) is 10.6 Å². The number of anilines is 1. The molecule has 3 rings (SSSR count). The zero-order chi connectivity index (χ0) is 23.3. The lowest BCUT2D eigenvalue weighted by Gasteiger charge is -2.12. The Kier molecular flexibility index (Phi) is 9.25. The number of nitrogens with one attached hydrogen (secondary N) is 1. The predicted molar refractivity (Wildman–Crippen MR) is 149 cm³/mol. The number of nitrogens with zero attached hydrogens (tertiary/aromatic N) is 1. The molecule has 0 atom stereocenters. The van der Waals surface area contributed by atoms with Gasteiger partial charge in [-0.25, -0.2) is 0 Å². The maximum absolute atomic E-state index is 12.6. The van der Waals surface area contributed by atoms with Gasteiger partial charge < -0.3 is 10.1 Å². The van der Waals surface area contributed by atoms with Crippen molar-refractivity contribution >= 4 is 102 Å². The molecule has 0 unspecified atom stereocenters. The number of hydrogen-bond donors (Lipinski definition) is 1. The van der Waals surface area contributed by atoms with Gasteiger partial charge in [0.05, 0.1) is 23.8 Å². The number of rotatable bonds is 6. The van der Waals surface area contributed by atoms with E-state index in [2.05, 4.69) is 66.4 Å². The van der Waals surface area contributed by atoms with Gasteiger partial charge in [0.2, 0.25) is 0 Å². The van der Waals surface area contributed by atoms with Crippen LogP contribution in [0.1, 0.15) is 11.1 Å². The van der Waals surface area contributed by atoms with E-state index >= 15 is 0 Å². The van der Waals surface area contributed by atoms with Gasteiger partial charge in [0, 0.05) is 3.57 Å². The summed E-state index contributed by atoms with van der Waals surface area (Å²) in [7, 11) is 0. The second-order valence-electron chi connectivity index (χ2n) is 6.45. The average molecular weight is 754 g/mol. The highest BCUT2D eigenvalue weighted by Crippen LogP contribution is 2.34. The Morgan fingerprint density at radius 2 is 1.88 bits per heavy atom. The summed E-state index contributed by atoms with van der Waals surface area (Å²) >= 11 is 20.0. The molecule has 0 saturated carbocycles. The van der Waals surface area contributed by atoms with Crippen LogP contribution in [0.2, 0.25) is 10.0 Å². The van der Waals surface area contributed by atoms with Crippen LogP contribution in [0.3, 0.4) is 0 Å². The smallest absolute Gasteiger partial charge is 0.266 e. The Balaban J connectivity index is 1.78. The molecule has 3 aromatic rings. The summed E-state index contributed by atoms with van der Waals surface area (Å²) in [4.78, 5) is 12.6. The molecular formula is C23H13BrCl2I2N2O2. The molecule has 162 valence electrons. The van der Waals surface area contributed by atoms with E-state index in [0.29, 0.717) is 28.6 Å². The number of carbonyl (C=O) groups excluding carboxylic acids is 1. The normalized spacial score (nSPS) is 11.1. The molecule has 0 aliphatic carbocycles. The molecule has 0 spiro atoms. The predicted octanol–water partition coefficient (Wildman–Crippen LogP) is 8.09. The average Bonchev–Trinajstić information content (AvgIpc) is 2.76. The molecule has 1 amide bonds. The maximum atomic E-state index is 12.6. The van der Waals surface area contributed by atoms with Gasteiger partial charge in [0.15, 0.2) is 0 Å². The highest BCUT2D eigenvalue weighted by molar-refractivity contribution is 14.1. The third kappa shape index (κ3) is 6.60.